The summed E-state index contributed by atoms with van der Waals surface area (Å²) in [5, 5.41) is 0.533. The molecule has 0 amide bonds. The second-order valence-electron chi connectivity index (χ2n) is 4.23. The molecule has 3 nitrogen and oxygen atoms in total. The highest BCUT2D eigenvalue weighted by Gasteiger charge is 2.09. The van der Waals surface area contributed by atoms with Crippen LogP contribution < -0.4 is 15.2 Å². The molecule has 100 valence electrons. The Labute approximate surface area is 117 Å². The van der Waals surface area contributed by atoms with E-state index in [0.29, 0.717) is 28.8 Å². The van der Waals surface area contributed by atoms with Crippen molar-refractivity contribution in [1.82, 2.24) is 0 Å². The molecule has 0 atom stereocenters. The van der Waals surface area contributed by atoms with Crippen LogP contribution in [0, 0.1) is 6.92 Å². The first-order valence-electron chi connectivity index (χ1n) is 5.95. The van der Waals surface area contributed by atoms with E-state index in [1.807, 2.05) is 37.3 Å². The van der Waals surface area contributed by atoms with Crippen molar-refractivity contribution in [2.75, 3.05) is 7.11 Å². The molecule has 0 aromatic heterocycles. The normalized spacial score (nSPS) is 10.3. The van der Waals surface area contributed by atoms with Crippen LogP contribution in [0.3, 0.4) is 0 Å². The summed E-state index contributed by atoms with van der Waals surface area (Å²) in [6, 6.07) is 11.2. The first-order chi connectivity index (χ1) is 9.13. The van der Waals surface area contributed by atoms with Gasteiger partial charge >= 0.3 is 0 Å². The van der Waals surface area contributed by atoms with E-state index in [0.717, 1.165) is 11.1 Å². The topological polar surface area (TPSA) is 44.5 Å². The Hall–Kier alpha value is -1.71. The minimum atomic E-state index is 0.452. The molecule has 0 saturated carbocycles. The molecular weight excluding hydrogens is 262 g/mol. The highest BCUT2D eigenvalue weighted by molar-refractivity contribution is 6.32. The predicted molar refractivity (Wildman–Crippen MR) is 77.1 cm³/mol. The van der Waals surface area contributed by atoms with Crippen molar-refractivity contribution in [1.29, 1.82) is 0 Å². The molecular formula is C15H16ClNO2. The Morgan fingerprint density at radius 1 is 1.05 bits per heavy atom. The van der Waals surface area contributed by atoms with Gasteiger partial charge in [0.2, 0.25) is 0 Å². The number of methoxy groups -OCH3 is 1. The van der Waals surface area contributed by atoms with Gasteiger partial charge in [-0.2, -0.15) is 0 Å². The van der Waals surface area contributed by atoms with Crippen LogP contribution in [-0.4, -0.2) is 7.11 Å². The van der Waals surface area contributed by atoms with Crippen molar-refractivity contribution in [2.45, 2.75) is 13.5 Å². The van der Waals surface area contributed by atoms with Gasteiger partial charge in [-0.3, -0.25) is 0 Å². The average Bonchev–Trinajstić information content (AvgIpc) is 2.42. The molecule has 2 aromatic carbocycles. The first kappa shape index (κ1) is 13.7. The molecule has 4 heteroatoms. The van der Waals surface area contributed by atoms with Gasteiger partial charge in [-0.05, 0) is 42.3 Å². The van der Waals surface area contributed by atoms with Gasteiger partial charge in [-0.15, -0.1) is 0 Å². The zero-order valence-electron chi connectivity index (χ0n) is 10.9. The molecule has 0 radical (unpaired) electrons. The number of nitrogens with two attached hydrogens (primary N) is 1. The number of ether oxygens (including phenoxy) is 2. The van der Waals surface area contributed by atoms with Crippen molar-refractivity contribution < 1.29 is 9.47 Å². The van der Waals surface area contributed by atoms with Gasteiger partial charge < -0.3 is 15.2 Å². The highest BCUT2D eigenvalue weighted by Crippen LogP contribution is 2.35. The lowest BCUT2D eigenvalue weighted by molar-refractivity contribution is 0.378. The van der Waals surface area contributed by atoms with Gasteiger partial charge in [0.15, 0.2) is 11.5 Å². The Balaban J connectivity index is 2.31. The third-order valence-corrected chi connectivity index (χ3v) is 3.07. The van der Waals surface area contributed by atoms with Gasteiger partial charge in [0.25, 0.3) is 0 Å². The van der Waals surface area contributed by atoms with Crippen molar-refractivity contribution in [3.8, 4) is 17.2 Å². The standard InChI is InChI=1S/C15H16ClNO2/c1-10-3-5-14(15(7-10)18-2)19-13-6-4-11(9-17)8-12(13)16/h3-8H,9,17H2,1-2H3. The highest BCUT2D eigenvalue weighted by atomic mass is 35.5. The van der Waals surface area contributed by atoms with E-state index < -0.39 is 0 Å². The van der Waals surface area contributed by atoms with Crippen molar-refractivity contribution in [3.63, 3.8) is 0 Å². The van der Waals surface area contributed by atoms with Crippen LogP contribution in [0.4, 0.5) is 0 Å². The maximum Gasteiger partial charge on any atom is 0.169 e. The van der Waals surface area contributed by atoms with Gasteiger partial charge in [0.05, 0.1) is 12.1 Å². The number of hydrogen-bond donors (Lipinski definition) is 1. The minimum Gasteiger partial charge on any atom is -0.493 e. The van der Waals surface area contributed by atoms with Crippen molar-refractivity contribution in [2.24, 2.45) is 5.73 Å². The predicted octanol–water partition coefficient (Wildman–Crippen LogP) is 3.91. The average molecular weight is 278 g/mol. The summed E-state index contributed by atoms with van der Waals surface area (Å²) in [5.41, 5.74) is 7.64. The number of aryl methyl sites for hydroxylation is 1. The summed E-state index contributed by atoms with van der Waals surface area (Å²) < 4.78 is 11.1. The van der Waals surface area contributed by atoms with Gasteiger partial charge in [0, 0.05) is 6.54 Å². The van der Waals surface area contributed by atoms with Crippen LogP contribution in [0.5, 0.6) is 17.2 Å². The molecule has 0 fully saturated rings. The third kappa shape index (κ3) is 3.19. The molecule has 0 bridgehead atoms. The molecule has 19 heavy (non-hydrogen) atoms. The Morgan fingerprint density at radius 3 is 2.42 bits per heavy atom. The van der Waals surface area contributed by atoms with Crippen LogP contribution >= 0.6 is 11.6 Å². The molecule has 2 N–H and O–H groups in total. The van der Waals surface area contributed by atoms with E-state index in [1.165, 1.54) is 0 Å². The molecule has 0 aliphatic rings. The van der Waals surface area contributed by atoms with Gasteiger partial charge in [-0.25, -0.2) is 0 Å². The summed E-state index contributed by atoms with van der Waals surface area (Å²) in [5.74, 6) is 1.90. The number of halogens is 1. The Bertz CT molecular complexity index is 584. The summed E-state index contributed by atoms with van der Waals surface area (Å²) in [6.45, 7) is 2.45. The number of benzene rings is 2. The summed E-state index contributed by atoms with van der Waals surface area (Å²) >= 11 is 6.16. The maximum atomic E-state index is 6.16. The minimum absolute atomic E-state index is 0.452. The maximum absolute atomic E-state index is 6.16. The number of hydrogen-bond acceptors (Lipinski definition) is 3. The smallest absolute Gasteiger partial charge is 0.169 e. The van der Waals surface area contributed by atoms with Crippen LogP contribution in [0.15, 0.2) is 36.4 Å². The fourth-order valence-corrected chi connectivity index (χ4v) is 1.97. The fraction of sp³-hybridized carbons (Fsp3) is 0.200. The van der Waals surface area contributed by atoms with Crippen molar-refractivity contribution >= 4 is 11.6 Å². The largest absolute Gasteiger partial charge is 0.493 e. The van der Waals surface area contributed by atoms with Crippen LogP contribution in [0.2, 0.25) is 5.02 Å². The first-order valence-corrected chi connectivity index (χ1v) is 6.33. The fourth-order valence-electron chi connectivity index (χ4n) is 1.73. The lowest BCUT2D eigenvalue weighted by atomic mass is 10.2. The van der Waals surface area contributed by atoms with Crippen molar-refractivity contribution in [3.05, 3.63) is 52.5 Å². The molecule has 0 heterocycles. The molecule has 0 aliphatic carbocycles. The van der Waals surface area contributed by atoms with E-state index in [9.17, 15) is 0 Å². The monoisotopic (exact) mass is 277 g/mol. The second-order valence-corrected chi connectivity index (χ2v) is 4.63. The molecule has 2 rings (SSSR count). The lowest BCUT2D eigenvalue weighted by Gasteiger charge is -2.12. The molecule has 2 aromatic rings. The number of rotatable bonds is 4. The molecule has 0 saturated heterocycles. The molecule has 0 spiro atoms. The van der Waals surface area contributed by atoms with Crippen LogP contribution in [-0.2, 0) is 6.54 Å². The summed E-state index contributed by atoms with van der Waals surface area (Å²) in [7, 11) is 1.61. The Kier molecular flexibility index (Phi) is 4.30. The zero-order chi connectivity index (χ0) is 13.8. The molecule has 0 aliphatic heterocycles. The van der Waals surface area contributed by atoms with Gasteiger partial charge in [-0.1, -0.05) is 23.7 Å². The van der Waals surface area contributed by atoms with Crippen LogP contribution in [0.1, 0.15) is 11.1 Å². The van der Waals surface area contributed by atoms with E-state index in [4.69, 9.17) is 26.8 Å². The van der Waals surface area contributed by atoms with E-state index in [-0.39, 0.29) is 0 Å². The van der Waals surface area contributed by atoms with E-state index in [1.54, 1.807) is 13.2 Å². The SMILES string of the molecule is COc1cc(C)ccc1Oc1ccc(CN)cc1Cl. The quantitative estimate of drug-likeness (QED) is 0.921. The van der Waals surface area contributed by atoms with E-state index >= 15 is 0 Å². The lowest BCUT2D eigenvalue weighted by Crippen LogP contribution is -1.96. The van der Waals surface area contributed by atoms with Gasteiger partial charge in [0.1, 0.15) is 5.75 Å². The Morgan fingerprint density at radius 2 is 1.79 bits per heavy atom. The van der Waals surface area contributed by atoms with E-state index in [2.05, 4.69) is 0 Å². The summed E-state index contributed by atoms with van der Waals surface area (Å²) in [4.78, 5) is 0. The van der Waals surface area contributed by atoms with Crippen LogP contribution in [0.25, 0.3) is 0 Å². The third-order valence-electron chi connectivity index (χ3n) is 2.77. The summed E-state index contributed by atoms with van der Waals surface area (Å²) in [6.07, 6.45) is 0. The zero-order valence-corrected chi connectivity index (χ0v) is 11.7. The molecule has 0 unspecified atom stereocenters. The second kappa shape index (κ2) is 5.95.